The van der Waals surface area contributed by atoms with Crippen LogP contribution in [0.1, 0.15) is 33.7 Å². The van der Waals surface area contributed by atoms with Crippen LogP contribution in [0.15, 0.2) is 53.1 Å². The van der Waals surface area contributed by atoms with E-state index in [2.05, 4.69) is 11.1 Å². The summed E-state index contributed by atoms with van der Waals surface area (Å²) >= 11 is 0. The van der Waals surface area contributed by atoms with E-state index in [1.165, 1.54) is 11.6 Å². The molecule has 33 heavy (non-hydrogen) atoms. The van der Waals surface area contributed by atoms with Crippen LogP contribution < -0.4 is 9.47 Å². The highest BCUT2D eigenvalue weighted by molar-refractivity contribution is 5.92. The van der Waals surface area contributed by atoms with Crippen molar-refractivity contribution < 1.29 is 18.8 Å². The molecule has 1 aromatic heterocycles. The van der Waals surface area contributed by atoms with Crippen molar-refractivity contribution in [1.29, 1.82) is 0 Å². The van der Waals surface area contributed by atoms with E-state index < -0.39 is 0 Å². The molecule has 6 nitrogen and oxygen atoms in total. The van der Waals surface area contributed by atoms with Gasteiger partial charge in [0.2, 0.25) is 5.91 Å². The Morgan fingerprint density at radius 2 is 1.91 bits per heavy atom. The minimum Gasteiger partial charge on any atom is -0.493 e. The Hall–Kier alpha value is -3.98. The van der Waals surface area contributed by atoms with Crippen molar-refractivity contribution in [2.24, 2.45) is 0 Å². The van der Waals surface area contributed by atoms with Crippen LogP contribution in [0.5, 0.6) is 11.5 Å². The lowest BCUT2D eigenvalue weighted by atomic mass is 10.1. The number of rotatable bonds is 9. The number of amides is 1. The molecule has 0 atom stereocenters. The number of hydrogen-bond acceptors (Lipinski definition) is 5. The topological polar surface area (TPSA) is 64.8 Å². The molecule has 170 valence electrons. The van der Waals surface area contributed by atoms with Crippen LogP contribution in [-0.2, 0) is 17.9 Å². The summed E-state index contributed by atoms with van der Waals surface area (Å²) in [5.74, 6) is 4.29. The Morgan fingerprint density at radius 1 is 1.15 bits per heavy atom. The third-order valence-electron chi connectivity index (χ3n) is 5.25. The van der Waals surface area contributed by atoms with E-state index in [1.807, 2.05) is 63.2 Å². The smallest absolute Gasteiger partial charge is 0.247 e. The maximum absolute atomic E-state index is 12.8. The first-order chi connectivity index (χ1) is 15.9. The number of carbonyl (C=O) groups is 1. The molecule has 0 aliphatic heterocycles. The molecule has 1 amide bonds. The van der Waals surface area contributed by atoms with Gasteiger partial charge in [-0.25, -0.2) is 0 Å². The second-order valence-electron chi connectivity index (χ2n) is 7.72. The third-order valence-corrected chi connectivity index (χ3v) is 5.25. The fourth-order valence-corrected chi connectivity index (χ4v) is 3.27. The van der Waals surface area contributed by atoms with Gasteiger partial charge in [0.25, 0.3) is 0 Å². The summed E-state index contributed by atoms with van der Waals surface area (Å²) in [6.45, 7) is 6.76. The van der Waals surface area contributed by atoms with Crippen LogP contribution in [0.25, 0.3) is 6.08 Å². The quantitative estimate of drug-likeness (QED) is 0.348. The minimum atomic E-state index is -0.161. The summed E-state index contributed by atoms with van der Waals surface area (Å²) in [5, 5.41) is 3.94. The molecule has 3 aromatic rings. The van der Waals surface area contributed by atoms with Crippen LogP contribution in [0.3, 0.4) is 0 Å². The molecule has 0 fully saturated rings. The fraction of sp³-hybridized carbons (Fsp3) is 0.259. The first kappa shape index (κ1) is 23.7. The zero-order chi connectivity index (χ0) is 23.8. The van der Waals surface area contributed by atoms with Gasteiger partial charge in [-0.2, -0.15) is 0 Å². The summed E-state index contributed by atoms with van der Waals surface area (Å²) in [7, 11) is 1.58. The molecule has 0 saturated carbocycles. The average Bonchev–Trinajstić information content (AvgIpc) is 3.14. The number of nitrogens with zero attached hydrogens (tertiary/aromatic N) is 2. The molecule has 0 aliphatic carbocycles. The van der Waals surface area contributed by atoms with E-state index in [0.29, 0.717) is 24.7 Å². The van der Waals surface area contributed by atoms with Gasteiger partial charge in [-0.3, -0.25) is 4.79 Å². The van der Waals surface area contributed by atoms with Crippen molar-refractivity contribution >= 4 is 12.0 Å². The molecular weight excluding hydrogens is 416 g/mol. The Kier molecular flexibility index (Phi) is 7.93. The van der Waals surface area contributed by atoms with Gasteiger partial charge in [0.1, 0.15) is 12.4 Å². The molecule has 0 bridgehead atoms. The first-order valence-electron chi connectivity index (χ1n) is 10.6. The van der Waals surface area contributed by atoms with Gasteiger partial charge >= 0.3 is 0 Å². The minimum absolute atomic E-state index is 0.161. The van der Waals surface area contributed by atoms with E-state index in [4.69, 9.17) is 20.4 Å². The molecule has 2 aromatic carbocycles. The van der Waals surface area contributed by atoms with E-state index in [0.717, 1.165) is 28.1 Å². The highest BCUT2D eigenvalue weighted by Gasteiger charge is 2.13. The predicted octanol–water partition coefficient (Wildman–Crippen LogP) is 4.86. The highest BCUT2D eigenvalue weighted by Crippen LogP contribution is 2.30. The Morgan fingerprint density at radius 3 is 2.55 bits per heavy atom. The molecule has 0 aliphatic rings. The first-order valence-corrected chi connectivity index (χ1v) is 10.6. The van der Waals surface area contributed by atoms with Gasteiger partial charge in [-0.05, 0) is 50.1 Å². The maximum atomic E-state index is 12.8. The van der Waals surface area contributed by atoms with Gasteiger partial charge in [-0.15, -0.1) is 6.42 Å². The lowest BCUT2D eigenvalue weighted by Crippen LogP contribution is -2.29. The van der Waals surface area contributed by atoms with E-state index >= 15 is 0 Å². The van der Waals surface area contributed by atoms with Crippen molar-refractivity contribution in [3.8, 4) is 23.8 Å². The number of carbonyl (C=O) groups excluding carboxylic acids is 1. The van der Waals surface area contributed by atoms with Crippen LogP contribution in [0.2, 0.25) is 0 Å². The molecule has 1 heterocycles. The zero-order valence-corrected chi connectivity index (χ0v) is 19.4. The molecule has 6 heteroatoms. The number of terminal acetylenes is 1. The monoisotopic (exact) mass is 444 g/mol. The van der Waals surface area contributed by atoms with Gasteiger partial charge in [0, 0.05) is 12.6 Å². The van der Waals surface area contributed by atoms with Crippen molar-refractivity contribution in [1.82, 2.24) is 10.1 Å². The number of benzene rings is 2. The maximum Gasteiger partial charge on any atom is 0.247 e. The van der Waals surface area contributed by atoms with E-state index in [-0.39, 0.29) is 12.5 Å². The second kappa shape index (κ2) is 11.1. The van der Waals surface area contributed by atoms with Crippen LogP contribution in [0, 0.1) is 33.1 Å². The Labute approximate surface area is 194 Å². The third kappa shape index (κ3) is 6.27. The number of aromatic nitrogens is 1. The molecule has 0 radical (unpaired) electrons. The zero-order valence-electron chi connectivity index (χ0n) is 19.4. The SMILES string of the molecule is C#CCN(Cc1ccc(C)cc1)C(=O)/C=C/c1ccc(OCc2c(C)noc2C)c(OC)c1. The van der Waals surface area contributed by atoms with Crippen LogP contribution >= 0.6 is 0 Å². The molecule has 3 rings (SSSR count). The molecule has 0 spiro atoms. The van der Waals surface area contributed by atoms with Crippen LogP contribution in [0.4, 0.5) is 0 Å². The summed E-state index contributed by atoms with van der Waals surface area (Å²) in [6, 6.07) is 13.5. The Balaban J connectivity index is 1.69. The number of ether oxygens (including phenoxy) is 2. The van der Waals surface area contributed by atoms with Crippen molar-refractivity contribution in [3.05, 3.63) is 82.2 Å². The van der Waals surface area contributed by atoms with Gasteiger partial charge in [0.05, 0.1) is 24.9 Å². The second-order valence-corrected chi connectivity index (χ2v) is 7.72. The van der Waals surface area contributed by atoms with Crippen molar-refractivity contribution in [2.75, 3.05) is 13.7 Å². The largest absolute Gasteiger partial charge is 0.493 e. The number of hydrogen-bond donors (Lipinski definition) is 0. The normalized spacial score (nSPS) is 10.8. The summed E-state index contributed by atoms with van der Waals surface area (Å²) < 4.78 is 16.6. The molecular formula is C27H28N2O4. The predicted molar refractivity (Wildman–Crippen MR) is 128 cm³/mol. The highest BCUT2D eigenvalue weighted by atomic mass is 16.5. The van der Waals surface area contributed by atoms with Crippen molar-refractivity contribution in [3.63, 3.8) is 0 Å². The standard InChI is InChI=1S/C27H28N2O4/c1-6-15-29(17-23-9-7-19(2)8-10-23)27(30)14-12-22-11-13-25(26(16-22)31-5)32-18-24-20(3)28-33-21(24)4/h1,7-14,16H,15,17-18H2,2-5H3/b14-12+. The van der Waals surface area contributed by atoms with Crippen molar-refractivity contribution in [2.45, 2.75) is 33.9 Å². The Bertz CT molecular complexity index is 1150. The van der Waals surface area contributed by atoms with Crippen LogP contribution in [-0.4, -0.2) is 29.6 Å². The summed E-state index contributed by atoms with van der Waals surface area (Å²) in [5.41, 5.74) is 4.71. The average molecular weight is 445 g/mol. The van der Waals surface area contributed by atoms with Gasteiger partial charge in [-0.1, -0.05) is 47.0 Å². The van der Waals surface area contributed by atoms with E-state index in [9.17, 15) is 4.79 Å². The van der Waals surface area contributed by atoms with E-state index in [1.54, 1.807) is 18.1 Å². The summed E-state index contributed by atoms with van der Waals surface area (Å²) in [6.07, 6.45) is 8.74. The lowest BCUT2D eigenvalue weighted by molar-refractivity contribution is -0.125. The lowest BCUT2D eigenvalue weighted by Gasteiger charge is -2.18. The fourth-order valence-electron chi connectivity index (χ4n) is 3.27. The molecule has 0 saturated heterocycles. The number of aryl methyl sites for hydroxylation is 3. The summed E-state index contributed by atoms with van der Waals surface area (Å²) in [4.78, 5) is 14.4. The molecule has 0 N–H and O–H groups in total. The molecule has 0 unspecified atom stereocenters. The number of methoxy groups -OCH3 is 1. The van der Waals surface area contributed by atoms with Gasteiger partial charge in [0.15, 0.2) is 11.5 Å². The van der Waals surface area contributed by atoms with Gasteiger partial charge < -0.3 is 18.9 Å².